The molecule has 0 radical (unpaired) electrons. The zero-order chi connectivity index (χ0) is 22.8. The Kier molecular flexibility index (Phi) is 5.64. The monoisotopic (exact) mass is 440 g/mol. The molecule has 3 aromatic heterocycles. The molecule has 1 fully saturated rings. The molecule has 1 saturated heterocycles. The summed E-state index contributed by atoms with van der Waals surface area (Å²) in [6.45, 7) is 4.04. The second-order valence-corrected chi connectivity index (χ2v) is 8.40. The van der Waals surface area contributed by atoms with Crippen LogP contribution in [0.5, 0.6) is 0 Å². The van der Waals surface area contributed by atoms with Gasteiger partial charge >= 0.3 is 0 Å². The highest BCUT2D eigenvalue weighted by molar-refractivity contribution is 6.06. The second kappa shape index (κ2) is 8.90. The van der Waals surface area contributed by atoms with Gasteiger partial charge in [-0.25, -0.2) is 4.98 Å². The number of hydrogen-bond donors (Lipinski definition) is 2. The maximum atomic E-state index is 8.27. The average Bonchev–Trinajstić information content (AvgIpc) is 3.42. The molecule has 0 aliphatic carbocycles. The number of benzene rings is 1. The van der Waals surface area contributed by atoms with Gasteiger partial charge in [0.2, 0.25) is 0 Å². The largest absolute Gasteiger partial charge is 0.356 e. The summed E-state index contributed by atoms with van der Waals surface area (Å²) < 4.78 is 3.78. The van der Waals surface area contributed by atoms with E-state index < -0.39 is 0 Å². The van der Waals surface area contributed by atoms with Crippen molar-refractivity contribution in [1.29, 1.82) is 5.41 Å². The van der Waals surface area contributed by atoms with Crippen molar-refractivity contribution in [3.8, 4) is 11.4 Å². The fraction of sp³-hybridized carbons (Fsp3) is 0.280. The van der Waals surface area contributed by atoms with E-state index in [0.29, 0.717) is 5.71 Å². The van der Waals surface area contributed by atoms with E-state index in [1.807, 2.05) is 71.7 Å². The second-order valence-electron chi connectivity index (χ2n) is 8.40. The third-order valence-electron chi connectivity index (χ3n) is 6.03. The number of rotatable bonds is 6. The normalized spacial score (nSPS) is 14.3. The molecule has 33 heavy (non-hydrogen) atoms. The smallest absolute Gasteiger partial charge is 0.160 e. The highest BCUT2D eigenvalue weighted by Gasteiger charge is 2.19. The lowest BCUT2D eigenvalue weighted by Crippen LogP contribution is -2.31. The molecular weight excluding hydrogens is 412 g/mol. The van der Waals surface area contributed by atoms with Gasteiger partial charge in [0.25, 0.3) is 0 Å². The first-order chi connectivity index (χ1) is 16.1. The Balaban J connectivity index is 1.48. The van der Waals surface area contributed by atoms with E-state index in [0.717, 1.165) is 53.0 Å². The molecule has 4 heterocycles. The molecule has 0 bridgehead atoms. The topological polar surface area (TPSA) is 87.1 Å². The van der Waals surface area contributed by atoms with Gasteiger partial charge in [0, 0.05) is 44.2 Å². The molecule has 168 valence electrons. The Morgan fingerprint density at radius 2 is 1.76 bits per heavy atom. The number of hydrogen-bond acceptors (Lipinski definition) is 6. The number of allylic oxidation sites excluding steroid dienone is 1. The summed E-state index contributed by atoms with van der Waals surface area (Å²) in [5.41, 5.74) is 4.82. The predicted molar refractivity (Wildman–Crippen MR) is 132 cm³/mol. The van der Waals surface area contributed by atoms with Crippen LogP contribution < -0.4 is 10.2 Å². The van der Waals surface area contributed by atoms with Gasteiger partial charge in [0.05, 0.1) is 5.71 Å². The minimum atomic E-state index is 0.442. The van der Waals surface area contributed by atoms with E-state index in [2.05, 4.69) is 15.3 Å². The molecule has 1 aliphatic rings. The number of aromatic nitrogens is 5. The lowest BCUT2D eigenvalue weighted by Gasteiger charge is -2.29. The van der Waals surface area contributed by atoms with Crippen LogP contribution in [0.25, 0.3) is 17.0 Å². The summed E-state index contributed by atoms with van der Waals surface area (Å²) in [7, 11) is 1.94. The van der Waals surface area contributed by atoms with Gasteiger partial charge in [-0.2, -0.15) is 14.7 Å². The van der Waals surface area contributed by atoms with Crippen LogP contribution in [-0.4, -0.2) is 43.2 Å². The third-order valence-corrected chi connectivity index (χ3v) is 6.03. The lowest BCUT2D eigenvalue weighted by atomic mass is 10.1. The van der Waals surface area contributed by atoms with Gasteiger partial charge in [-0.05, 0) is 43.9 Å². The molecule has 4 aromatic rings. The van der Waals surface area contributed by atoms with Crippen LogP contribution in [0.4, 0.5) is 11.6 Å². The Hall–Kier alpha value is -3.94. The van der Waals surface area contributed by atoms with Crippen LogP contribution in [-0.2, 0) is 7.05 Å². The van der Waals surface area contributed by atoms with Crippen LogP contribution in [0.3, 0.4) is 0 Å². The van der Waals surface area contributed by atoms with Gasteiger partial charge in [-0.3, -0.25) is 4.68 Å². The molecule has 8 heteroatoms. The van der Waals surface area contributed by atoms with Gasteiger partial charge in [-0.1, -0.05) is 30.3 Å². The number of anilines is 2. The fourth-order valence-electron chi connectivity index (χ4n) is 4.12. The highest BCUT2D eigenvalue weighted by atomic mass is 15.4. The molecule has 0 unspecified atom stereocenters. The zero-order valence-electron chi connectivity index (χ0n) is 19.0. The van der Waals surface area contributed by atoms with Crippen LogP contribution in [0.1, 0.15) is 30.5 Å². The number of piperidine rings is 1. The molecule has 0 spiro atoms. The average molecular weight is 441 g/mol. The maximum absolute atomic E-state index is 8.27. The number of nitrogens with one attached hydrogen (secondary N) is 2. The SMILES string of the molecule is Cc1cc(-c2cc3nc(N/C=C\C(=N)c4ccccc4)cc(N4CCCCC4)n3n2)nn1C. The zero-order valence-corrected chi connectivity index (χ0v) is 19.0. The molecule has 8 nitrogen and oxygen atoms in total. The van der Waals surface area contributed by atoms with Crippen molar-refractivity contribution in [3.05, 3.63) is 72.1 Å². The standard InChI is InChI=1S/C25H28N8/c1-18-15-21(29-31(18)2)22-16-24-28-23(27-12-11-20(26)19-9-5-3-6-10-19)17-25(33(24)30-22)32-13-7-4-8-14-32/h3,5-6,9-12,15-17,26H,4,7-8,13-14H2,1-2H3,(H,27,28)/b12-11-,26-20?. The van der Waals surface area contributed by atoms with E-state index in [-0.39, 0.29) is 0 Å². The summed E-state index contributed by atoms with van der Waals surface area (Å²) in [5.74, 6) is 1.75. The Morgan fingerprint density at radius 1 is 1.00 bits per heavy atom. The molecule has 0 amide bonds. The quantitative estimate of drug-likeness (QED) is 0.433. The number of nitrogens with zero attached hydrogens (tertiary/aromatic N) is 6. The summed E-state index contributed by atoms with van der Waals surface area (Å²) >= 11 is 0. The van der Waals surface area contributed by atoms with Crippen molar-refractivity contribution in [1.82, 2.24) is 24.4 Å². The van der Waals surface area contributed by atoms with E-state index in [4.69, 9.17) is 15.5 Å². The van der Waals surface area contributed by atoms with Crippen molar-refractivity contribution >= 4 is 23.0 Å². The van der Waals surface area contributed by atoms with Crippen molar-refractivity contribution in [2.24, 2.45) is 7.05 Å². The van der Waals surface area contributed by atoms with E-state index >= 15 is 0 Å². The molecule has 0 saturated carbocycles. The fourth-order valence-corrected chi connectivity index (χ4v) is 4.12. The minimum Gasteiger partial charge on any atom is -0.356 e. The van der Waals surface area contributed by atoms with Crippen LogP contribution in [0.2, 0.25) is 0 Å². The number of fused-ring (bicyclic) bond motifs is 1. The molecule has 2 N–H and O–H groups in total. The molecule has 0 atom stereocenters. The highest BCUT2D eigenvalue weighted by Crippen LogP contribution is 2.27. The van der Waals surface area contributed by atoms with Crippen molar-refractivity contribution in [3.63, 3.8) is 0 Å². The first kappa shape index (κ1) is 20.9. The van der Waals surface area contributed by atoms with Crippen molar-refractivity contribution < 1.29 is 0 Å². The summed E-state index contributed by atoms with van der Waals surface area (Å²) in [6.07, 6.45) is 7.13. The van der Waals surface area contributed by atoms with Crippen molar-refractivity contribution in [2.75, 3.05) is 23.3 Å². The van der Waals surface area contributed by atoms with Gasteiger partial charge in [0.15, 0.2) is 5.65 Å². The predicted octanol–water partition coefficient (Wildman–Crippen LogP) is 4.42. The van der Waals surface area contributed by atoms with Gasteiger partial charge in [0.1, 0.15) is 23.0 Å². The van der Waals surface area contributed by atoms with Gasteiger partial charge in [-0.15, -0.1) is 0 Å². The molecule has 1 aromatic carbocycles. The maximum Gasteiger partial charge on any atom is 0.160 e. The molecule has 5 rings (SSSR count). The van der Waals surface area contributed by atoms with Crippen LogP contribution in [0, 0.1) is 12.3 Å². The lowest BCUT2D eigenvalue weighted by molar-refractivity contribution is 0.568. The molecule has 1 aliphatic heterocycles. The Bertz CT molecular complexity index is 1290. The number of aryl methyl sites for hydroxylation is 2. The minimum absolute atomic E-state index is 0.442. The van der Waals surface area contributed by atoms with Crippen LogP contribution >= 0.6 is 0 Å². The summed E-state index contributed by atoms with van der Waals surface area (Å²) in [6, 6.07) is 15.7. The first-order valence-electron chi connectivity index (χ1n) is 11.3. The Labute approximate surface area is 193 Å². The van der Waals surface area contributed by atoms with Crippen LogP contribution in [0.15, 0.2) is 60.8 Å². The molecular formula is C25H28N8. The summed E-state index contributed by atoms with van der Waals surface area (Å²) in [4.78, 5) is 7.16. The van der Waals surface area contributed by atoms with E-state index in [1.165, 1.54) is 19.3 Å². The van der Waals surface area contributed by atoms with E-state index in [1.54, 1.807) is 12.3 Å². The van der Waals surface area contributed by atoms with Crippen molar-refractivity contribution in [2.45, 2.75) is 26.2 Å². The summed E-state index contributed by atoms with van der Waals surface area (Å²) in [5, 5.41) is 21.0. The van der Waals surface area contributed by atoms with E-state index in [9.17, 15) is 0 Å². The first-order valence-corrected chi connectivity index (χ1v) is 11.3. The van der Waals surface area contributed by atoms with Gasteiger partial charge < -0.3 is 15.6 Å². The Morgan fingerprint density at radius 3 is 2.48 bits per heavy atom. The third kappa shape index (κ3) is 4.37.